The fourth-order valence-electron chi connectivity index (χ4n) is 6.22. The highest BCUT2D eigenvalue weighted by Crippen LogP contribution is 2.33. The van der Waals surface area contributed by atoms with Crippen LogP contribution >= 0.6 is 0 Å². The molecule has 0 bridgehead atoms. The first-order valence-corrected chi connectivity index (χ1v) is 15.7. The molecule has 1 saturated carbocycles. The predicted molar refractivity (Wildman–Crippen MR) is 162 cm³/mol. The minimum Gasteiger partial charge on any atom is -0.496 e. The van der Waals surface area contributed by atoms with Crippen LogP contribution in [0.4, 0.5) is 0 Å². The van der Waals surface area contributed by atoms with Gasteiger partial charge in [-0.15, -0.1) is 5.10 Å². The first kappa shape index (κ1) is 34.3. The largest absolute Gasteiger partial charge is 0.496 e. The molecule has 14 heteroatoms. The SMILES string of the molecule is CCCCNC(=O)C(C1CCCCC1)N(Cc1cn(C2OC(CO)C(O)C(O)C2NC(C)=O)nn1)C(=O)c1ccccc1OC. The molecule has 1 aliphatic carbocycles. The number of ether oxygens (including phenoxy) is 2. The Morgan fingerprint density at radius 3 is 2.56 bits per heavy atom. The van der Waals surface area contributed by atoms with Gasteiger partial charge >= 0.3 is 0 Å². The molecule has 2 aromatic rings. The zero-order valence-electron chi connectivity index (χ0n) is 26.2. The highest BCUT2D eigenvalue weighted by Gasteiger charge is 2.46. The maximum absolute atomic E-state index is 14.3. The van der Waals surface area contributed by atoms with Crippen LogP contribution in [-0.4, -0.2) is 104 Å². The van der Waals surface area contributed by atoms with Gasteiger partial charge in [-0.25, -0.2) is 4.68 Å². The highest BCUT2D eigenvalue weighted by atomic mass is 16.5. The molecule has 5 N–H and O–H groups in total. The average Bonchev–Trinajstić information content (AvgIpc) is 3.51. The summed E-state index contributed by atoms with van der Waals surface area (Å²) in [6.07, 6.45) is 2.61. The summed E-state index contributed by atoms with van der Waals surface area (Å²) in [7, 11) is 1.48. The van der Waals surface area contributed by atoms with E-state index in [1.54, 1.807) is 24.3 Å². The summed E-state index contributed by atoms with van der Waals surface area (Å²) in [5, 5.41) is 45.0. The molecule has 1 aromatic carbocycles. The van der Waals surface area contributed by atoms with Gasteiger partial charge in [-0.05, 0) is 37.3 Å². The van der Waals surface area contributed by atoms with E-state index in [1.165, 1.54) is 29.8 Å². The molecule has 3 amide bonds. The topological polar surface area (TPSA) is 188 Å². The van der Waals surface area contributed by atoms with Crippen molar-refractivity contribution in [2.24, 2.45) is 5.92 Å². The maximum atomic E-state index is 14.3. The summed E-state index contributed by atoms with van der Waals surface area (Å²) in [6.45, 7) is 3.14. The Morgan fingerprint density at radius 1 is 1.16 bits per heavy atom. The third-order valence-corrected chi connectivity index (χ3v) is 8.55. The number of amides is 3. The van der Waals surface area contributed by atoms with Crippen molar-refractivity contribution in [3.05, 3.63) is 41.7 Å². The zero-order valence-corrected chi connectivity index (χ0v) is 26.2. The summed E-state index contributed by atoms with van der Waals surface area (Å²) in [5.74, 6) is -0.786. The van der Waals surface area contributed by atoms with Gasteiger partial charge in [0.1, 0.15) is 41.8 Å². The minimum atomic E-state index is -1.47. The van der Waals surface area contributed by atoms with Crippen LogP contribution in [0, 0.1) is 5.92 Å². The number of aliphatic hydroxyl groups is 3. The number of methoxy groups -OCH3 is 1. The number of benzene rings is 1. The summed E-state index contributed by atoms with van der Waals surface area (Å²) >= 11 is 0. The number of hydrogen-bond donors (Lipinski definition) is 5. The van der Waals surface area contributed by atoms with Crippen molar-refractivity contribution in [2.75, 3.05) is 20.3 Å². The van der Waals surface area contributed by atoms with E-state index >= 15 is 0 Å². The Balaban J connectivity index is 1.71. The molecule has 4 rings (SSSR count). The quantitative estimate of drug-likeness (QED) is 0.199. The Morgan fingerprint density at radius 2 is 1.89 bits per heavy atom. The second-order valence-electron chi connectivity index (χ2n) is 11.8. The van der Waals surface area contributed by atoms with E-state index in [1.807, 2.05) is 6.92 Å². The summed E-state index contributed by atoms with van der Waals surface area (Å²) in [6, 6.07) is 4.97. The van der Waals surface area contributed by atoms with Gasteiger partial charge in [-0.1, -0.05) is 50.0 Å². The molecule has 1 aliphatic heterocycles. The third-order valence-electron chi connectivity index (χ3n) is 8.55. The van der Waals surface area contributed by atoms with E-state index in [-0.39, 0.29) is 18.4 Å². The van der Waals surface area contributed by atoms with E-state index in [0.29, 0.717) is 23.6 Å². The van der Waals surface area contributed by atoms with Crippen LogP contribution in [0.3, 0.4) is 0 Å². The molecule has 14 nitrogen and oxygen atoms in total. The molecule has 6 unspecified atom stereocenters. The molecular weight excluding hydrogens is 584 g/mol. The second-order valence-corrected chi connectivity index (χ2v) is 11.8. The molecule has 2 aliphatic rings. The van der Waals surface area contributed by atoms with Gasteiger partial charge in [-0.3, -0.25) is 14.4 Å². The molecular formula is C31H46N6O8. The lowest BCUT2D eigenvalue weighted by Gasteiger charge is -2.42. The number of carbonyl (C=O) groups excluding carboxylic acids is 3. The van der Waals surface area contributed by atoms with Crippen molar-refractivity contribution in [3.63, 3.8) is 0 Å². The van der Waals surface area contributed by atoms with Crippen LogP contribution in [0.15, 0.2) is 30.5 Å². The summed E-state index contributed by atoms with van der Waals surface area (Å²) < 4.78 is 12.6. The monoisotopic (exact) mass is 630 g/mol. The second kappa shape index (κ2) is 16.1. The number of carbonyl (C=O) groups is 3. The fourth-order valence-corrected chi connectivity index (χ4v) is 6.22. The Labute approximate surface area is 263 Å². The Hall–Kier alpha value is -3.59. The molecule has 1 saturated heterocycles. The molecule has 1 aromatic heterocycles. The van der Waals surface area contributed by atoms with Crippen LogP contribution in [0.2, 0.25) is 0 Å². The Bertz CT molecular complexity index is 1280. The van der Waals surface area contributed by atoms with Crippen LogP contribution < -0.4 is 15.4 Å². The van der Waals surface area contributed by atoms with Gasteiger partial charge in [0.25, 0.3) is 5.91 Å². The smallest absolute Gasteiger partial charge is 0.258 e. The highest BCUT2D eigenvalue weighted by molar-refractivity contribution is 5.99. The van der Waals surface area contributed by atoms with E-state index in [9.17, 15) is 29.7 Å². The van der Waals surface area contributed by atoms with E-state index in [4.69, 9.17) is 9.47 Å². The molecule has 2 fully saturated rings. The number of aliphatic hydroxyl groups excluding tert-OH is 3. The van der Waals surface area contributed by atoms with Crippen LogP contribution in [-0.2, 0) is 20.9 Å². The number of nitrogens with one attached hydrogen (secondary N) is 2. The van der Waals surface area contributed by atoms with Crippen molar-refractivity contribution >= 4 is 17.7 Å². The first-order chi connectivity index (χ1) is 21.7. The van der Waals surface area contributed by atoms with Crippen molar-refractivity contribution in [1.82, 2.24) is 30.5 Å². The summed E-state index contributed by atoms with van der Waals surface area (Å²) in [4.78, 5) is 41.7. The normalized spacial score (nSPS) is 24.4. The van der Waals surface area contributed by atoms with Gasteiger partial charge in [0.2, 0.25) is 11.8 Å². The van der Waals surface area contributed by atoms with Gasteiger partial charge in [0.05, 0.1) is 32.0 Å². The standard InChI is InChI=1S/C31H46N6O8/c1-4-5-15-32-29(42)26(20-11-7-6-8-12-20)36(30(43)22-13-9-10-14-23(22)44-3)16-21-17-37(35-34-21)31-25(33-19(2)39)28(41)27(40)24(18-38)45-31/h9-10,13-14,17,20,24-28,31,38,40-41H,4-8,11-12,15-16,18H2,1-3H3,(H,32,42)(H,33,39). The summed E-state index contributed by atoms with van der Waals surface area (Å²) in [5.41, 5.74) is 0.630. The van der Waals surface area contributed by atoms with Gasteiger partial charge < -0.3 is 40.3 Å². The first-order valence-electron chi connectivity index (χ1n) is 15.7. The van der Waals surface area contributed by atoms with Crippen molar-refractivity contribution in [1.29, 1.82) is 0 Å². The number of aromatic nitrogens is 3. The number of nitrogens with zero attached hydrogens (tertiary/aromatic N) is 4. The lowest BCUT2D eigenvalue weighted by Crippen LogP contribution is -2.62. The predicted octanol–water partition coefficient (Wildman–Crippen LogP) is 0.911. The van der Waals surface area contributed by atoms with Crippen molar-refractivity contribution in [2.45, 2.75) is 102 Å². The third kappa shape index (κ3) is 8.17. The lowest BCUT2D eigenvalue weighted by atomic mass is 9.82. The molecule has 248 valence electrons. The molecule has 0 radical (unpaired) electrons. The van der Waals surface area contributed by atoms with Gasteiger partial charge in [0.15, 0.2) is 6.23 Å². The van der Waals surface area contributed by atoms with Gasteiger partial charge in [-0.2, -0.15) is 0 Å². The van der Waals surface area contributed by atoms with Crippen molar-refractivity contribution < 1.29 is 39.2 Å². The molecule has 6 atom stereocenters. The average molecular weight is 631 g/mol. The van der Waals surface area contributed by atoms with Gasteiger partial charge in [0, 0.05) is 13.5 Å². The minimum absolute atomic E-state index is 0.0677. The maximum Gasteiger partial charge on any atom is 0.258 e. The fraction of sp³-hybridized carbons (Fsp3) is 0.645. The number of unbranched alkanes of at least 4 members (excludes halogenated alkanes) is 1. The van der Waals surface area contributed by atoms with Crippen LogP contribution in [0.5, 0.6) is 5.75 Å². The lowest BCUT2D eigenvalue weighted by molar-refractivity contribution is -0.219. The Kier molecular flexibility index (Phi) is 12.3. The molecule has 45 heavy (non-hydrogen) atoms. The number of hydrogen-bond acceptors (Lipinski definition) is 10. The van der Waals surface area contributed by atoms with Crippen LogP contribution in [0.1, 0.15) is 81.1 Å². The molecule has 0 spiro atoms. The van der Waals surface area contributed by atoms with Crippen molar-refractivity contribution in [3.8, 4) is 5.75 Å². The van der Waals surface area contributed by atoms with E-state index < -0.39 is 55.0 Å². The zero-order chi connectivity index (χ0) is 32.5. The number of rotatable bonds is 13. The number of para-hydroxylation sites is 1. The molecule has 2 heterocycles. The van der Waals surface area contributed by atoms with E-state index in [0.717, 1.165) is 44.9 Å². The van der Waals surface area contributed by atoms with Crippen LogP contribution in [0.25, 0.3) is 0 Å². The van der Waals surface area contributed by atoms with E-state index in [2.05, 4.69) is 20.9 Å².